The van der Waals surface area contributed by atoms with Crippen molar-refractivity contribution in [2.75, 3.05) is 13.2 Å². The second kappa shape index (κ2) is 3.70. The summed E-state index contributed by atoms with van der Waals surface area (Å²) in [4.78, 5) is 11.9. The summed E-state index contributed by atoms with van der Waals surface area (Å²) in [5.74, 6) is 1.43. The van der Waals surface area contributed by atoms with Crippen LogP contribution in [0.4, 0.5) is 0 Å². The number of aryl methyl sites for hydroxylation is 2. The standard InChI is InChI=1S/C11H15NO3/c1-6-7(2)15-8(3)10(6)11(13)12-9-4-14-5-9/h9H,4-5H2,1-3H3,(H,12,13). The molecule has 1 fully saturated rings. The fraction of sp³-hybridized carbons (Fsp3) is 0.545. The minimum atomic E-state index is -0.0600. The fourth-order valence-electron chi connectivity index (χ4n) is 1.70. The molecule has 1 aromatic heterocycles. The first-order valence-electron chi connectivity index (χ1n) is 5.04. The lowest BCUT2D eigenvalue weighted by atomic mass is 10.1. The number of furan rings is 1. The van der Waals surface area contributed by atoms with Crippen molar-refractivity contribution in [1.29, 1.82) is 0 Å². The normalized spacial score (nSPS) is 16.2. The molecule has 1 amide bonds. The highest BCUT2D eigenvalue weighted by atomic mass is 16.5. The Morgan fingerprint density at radius 1 is 1.27 bits per heavy atom. The third-order valence-electron chi connectivity index (χ3n) is 2.76. The molecule has 1 aliphatic heterocycles. The lowest BCUT2D eigenvalue weighted by Crippen LogP contribution is -2.48. The van der Waals surface area contributed by atoms with E-state index in [4.69, 9.17) is 9.15 Å². The van der Waals surface area contributed by atoms with Crippen LogP contribution in [0.2, 0.25) is 0 Å². The molecule has 0 atom stereocenters. The number of ether oxygens (including phenoxy) is 1. The summed E-state index contributed by atoms with van der Waals surface area (Å²) in [6.07, 6.45) is 0. The van der Waals surface area contributed by atoms with Gasteiger partial charge in [-0.25, -0.2) is 0 Å². The topological polar surface area (TPSA) is 51.5 Å². The van der Waals surface area contributed by atoms with Crippen molar-refractivity contribution in [1.82, 2.24) is 5.32 Å². The first kappa shape index (κ1) is 10.2. The molecule has 0 saturated carbocycles. The van der Waals surface area contributed by atoms with Crippen LogP contribution in [0.5, 0.6) is 0 Å². The van der Waals surface area contributed by atoms with Gasteiger partial charge in [0, 0.05) is 5.56 Å². The highest BCUT2D eigenvalue weighted by Gasteiger charge is 2.24. The molecule has 0 unspecified atom stereocenters. The van der Waals surface area contributed by atoms with Crippen molar-refractivity contribution in [2.45, 2.75) is 26.8 Å². The molecule has 1 aromatic rings. The molecular weight excluding hydrogens is 194 g/mol. The first-order valence-corrected chi connectivity index (χ1v) is 5.04. The van der Waals surface area contributed by atoms with Crippen LogP contribution in [0.25, 0.3) is 0 Å². The summed E-state index contributed by atoms with van der Waals surface area (Å²) in [6, 6.07) is 0.159. The maximum Gasteiger partial charge on any atom is 0.255 e. The zero-order valence-corrected chi connectivity index (χ0v) is 9.22. The summed E-state index contributed by atoms with van der Waals surface area (Å²) in [5, 5.41) is 2.90. The lowest BCUT2D eigenvalue weighted by molar-refractivity contribution is -0.00349. The van der Waals surface area contributed by atoms with Crippen LogP contribution in [0.3, 0.4) is 0 Å². The predicted molar refractivity (Wildman–Crippen MR) is 55.0 cm³/mol. The van der Waals surface area contributed by atoms with Gasteiger partial charge in [-0.05, 0) is 20.8 Å². The number of carbonyl (C=O) groups excluding carboxylic acids is 1. The zero-order valence-electron chi connectivity index (χ0n) is 9.22. The molecule has 4 heteroatoms. The summed E-state index contributed by atoms with van der Waals surface area (Å²) in [5.41, 5.74) is 1.59. The van der Waals surface area contributed by atoms with Crippen molar-refractivity contribution < 1.29 is 13.9 Å². The lowest BCUT2D eigenvalue weighted by Gasteiger charge is -2.26. The summed E-state index contributed by atoms with van der Waals surface area (Å²) < 4.78 is 10.4. The maximum atomic E-state index is 11.9. The van der Waals surface area contributed by atoms with Crippen LogP contribution in [0.1, 0.15) is 27.4 Å². The Hall–Kier alpha value is -1.29. The second-order valence-electron chi connectivity index (χ2n) is 3.92. The van der Waals surface area contributed by atoms with E-state index < -0.39 is 0 Å². The molecule has 1 aliphatic rings. The minimum Gasteiger partial charge on any atom is -0.466 e. The van der Waals surface area contributed by atoms with Crippen molar-refractivity contribution in [2.24, 2.45) is 0 Å². The van der Waals surface area contributed by atoms with Gasteiger partial charge in [0.2, 0.25) is 0 Å². The Labute approximate surface area is 88.6 Å². The second-order valence-corrected chi connectivity index (χ2v) is 3.92. The Balaban J connectivity index is 2.16. The van der Waals surface area contributed by atoms with Gasteiger partial charge in [-0.2, -0.15) is 0 Å². The van der Waals surface area contributed by atoms with Crippen LogP contribution in [-0.2, 0) is 4.74 Å². The molecule has 0 bridgehead atoms. The van der Waals surface area contributed by atoms with Gasteiger partial charge in [-0.15, -0.1) is 0 Å². The van der Waals surface area contributed by atoms with Gasteiger partial charge in [0.1, 0.15) is 11.5 Å². The molecule has 0 radical (unpaired) electrons. The summed E-state index contributed by atoms with van der Waals surface area (Å²) in [7, 11) is 0. The average Bonchev–Trinajstić information content (AvgIpc) is 2.34. The SMILES string of the molecule is Cc1oc(C)c(C(=O)NC2COC2)c1C. The van der Waals surface area contributed by atoms with Crippen LogP contribution < -0.4 is 5.32 Å². The fourth-order valence-corrected chi connectivity index (χ4v) is 1.70. The Morgan fingerprint density at radius 2 is 1.93 bits per heavy atom. The van der Waals surface area contributed by atoms with Crippen molar-refractivity contribution in [3.8, 4) is 0 Å². The monoisotopic (exact) mass is 209 g/mol. The molecule has 0 aromatic carbocycles. The van der Waals surface area contributed by atoms with Gasteiger partial charge in [0.05, 0.1) is 24.8 Å². The van der Waals surface area contributed by atoms with Crippen LogP contribution in [0, 0.1) is 20.8 Å². The molecular formula is C11H15NO3. The zero-order chi connectivity index (χ0) is 11.0. The van der Waals surface area contributed by atoms with Crippen LogP contribution >= 0.6 is 0 Å². The smallest absolute Gasteiger partial charge is 0.255 e. The average molecular weight is 209 g/mol. The van der Waals surface area contributed by atoms with E-state index in [1.54, 1.807) is 0 Å². The minimum absolute atomic E-state index is 0.0600. The Morgan fingerprint density at radius 3 is 2.33 bits per heavy atom. The molecule has 4 nitrogen and oxygen atoms in total. The molecule has 1 saturated heterocycles. The van der Waals surface area contributed by atoms with E-state index in [0.717, 1.165) is 11.3 Å². The first-order chi connectivity index (χ1) is 7.09. The number of carbonyl (C=O) groups is 1. The number of amides is 1. The highest BCUT2D eigenvalue weighted by molar-refractivity contribution is 5.97. The molecule has 2 heterocycles. The molecule has 0 aliphatic carbocycles. The summed E-state index contributed by atoms with van der Waals surface area (Å²) in [6.45, 7) is 6.80. The van der Waals surface area contributed by atoms with Crippen molar-refractivity contribution >= 4 is 5.91 Å². The third kappa shape index (κ3) is 1.77. The number of nitrogens with one attached hydrogen (secondary N) is 1. The quantitative estimate of drug-likeness (QED) is 0.799. The third-order valence-corrected chi connectivity index (χ3v) is 2.76. The Kier molecular flexibility index (Phi) is 2.52. The van der Waals surface area contributed by atoms with Gasteiger partial charge < -0.3 is 14.5 Å². The van der Waals surface area contributed by atoms with Crippen LogP contribution in [0.15, 0.2) is 4.42 Å². The molecule has 1 N–H and O–H groups in total. The van der Waals surface area contributed by atoms with E-state index in [2.05, 4.69) is 5.32 Å². The van der Waals surface area contributed by atoms with Gasteiger partial charge in [0.25, 0.3) is 5.91 Å². The largest absolute Gasteiger partial charge is 0.466 e. The maximum absolute atomic E-state index is 11.9. The van der Waals surface area contributed by atoms with E-state index in [1.807, 2.05) is 20.8 Å². The van der Waals surface area contributed by atoms with E-state index in [9.17, 15) is 4.79 Å². The summed E-state index contributed by atoms with van der Waals surface area (Å²) >= 11 is 0. The van der Waals surface area contributed by atoms with Gasteiger partial charge in [-0.3, -0.25) is 4.79 Å². The molecule has 15 heavy (non-hydrogen) atoms. The van der Waals surface area contributed by atoms with Crippen molar-refractivity contribution in [3.05, 3.63) is 22.6 Å². The Bertz CT molecular complexity index is 391. The molecule has 0 spiro atoms. The van der Waals surface area contributed by atoms with Crippen molar-refractivity contribution in [3.63, 3.8) is 0 Å². The van der Waals surface area contributed by atoms with Gasteiger partial charge >= 0.3 is 0 Å². The highest BCUT2D eigenvalue weighted by Crippen LogP contribution is 2.20. The van der Waals surface area contributed by atoms with Gasteiger partial charge in [0.15, 0.2) is 0 Å². The van der Waals surface area contributed by atoms with Gasteiger partial charge in [-0.1, -0.05) is 0 Å². The van der Waals surface area contributed by atoms with E-state index in [1.165, 1.54) is 0 Å². The van der Waals surface area contributed by atoms with E-state index in [-0.39, 0.29) is 11.9 Å². The number of hydrogen-bond donors (Lipinski definition) is 1. The molecule has 2 rings (SSSR count). The number of hydrogen-bond acceptors (Lipinski definition) is 3. The number of rotatable bonds is 2. The molecule has 82 valence electrons. The van der Waals surface area contributed by atoms with E-state index in [0.29, 0.717) is 24.5 Å². The van der Waals surface area contributed by atoms with Crippen LogP contribution in [-0.4, -0.2) is 25.2 Å². The van der Waals surface area contributed by atoms with E-state index >= 15 is 0 Å². The predicted octanol–water partition coefficient (Wildman–Crippen LogP) is 1.33.